The normalized spacial score (nSPS) is 40.9. The maximum Gasteiger partial charge on any atom is 0.178 e. The third-order valence-corrected chi connectivity index (χ3v) is 8.53. The topological polar surface area (TPSA) is 46.5 Å². The number of alkyl halides is 1. The van der Waals surface area contributed by atoms with E-state index in [0.717, 1.165) is 6.42 Å². The molecule has 1 unspecified atom stereocenters. The number of halogens is 1. The van der Waals surface area contributed by atoms with Gasteiger partial charge in [-0.25, -0.2) is 4.39 Å². The van der Waals surface area contributed by atoms with E-state index in [1.54, 1.807) is 6.08 Å². The summed E-state index contributed by atoms with van der Waals surface area (Å²) in [5, 5.41) is 11.8. The van der Waals surface area contributed by atoms with Crippen LogP contribution < -0.4 is 4.74 Å². The van der Waals surface area contributed by atoms with Crippen LogP contribution in [0.15, 0.2) is 78.1 Å². The molecule has 2 saturated carbocycles. The van der Waals surface area contributed by atoms with Crippen molar-refractivity contribution in [2.24, 2.45) is 22.7 Å². The number of hydrogen-bond acceptors (Lipinski definition) is 3. The van der Waals surface area contributed by atoms with Gasteiger partial charge in [0.25, 0.3) is 0 Å². The van der Waals surface area contributed by atoms with Crippen molar-refractivity contribution in [1.29, 1.82) is 0 Å². The number of hydrogen-bond donors (Lipinski definition) is 1. The lowest BCUT2D eigenvalue weighted by atomic mass is 9.51. The summed E-state index contributed by atoms with van der Waals surface area (Å²) < 4.78 is 21.3. The molecule has 5 rings (SSSR count). The summed E-state index contributed by atoms with van der Waals surface area (Å²) in [7, 11) is 0. The minimum Gasteiger partial charge on any atom is -0.459 e. The van der Waals surface area contributed by atoms with Gasteiger partial charge in [-0.15, -0.1) is 0 Å². The average molecular weight is 421 g/mol. The van der Waals surface area contributed by atoms with Crippen LogP contribution in [0.4, 0.5) is 4.39 Å². The van der Waals surface area contributed by atoms with Gasteiger partial charge in [0.05, 0.1) is 0 Å². The zero-order valence-corrected chi connectivity index (χ0v) is 18.1. The highest BCUT2D eigenvalue weighted by Gasteiger charge is 2.64. The molecule has 0 amide bonds. The predicted octanol–water partition coefficient (Wildman–Crippen LogP) is 5.49. The highest BCUT2D eigenvalue weighted by Crippen LogP contribution is 2.66. The molecule has 1 aromatic rings. The lowest BCUT2D eigenvalue weighted by Crippen LogP contribution is -2.53. The molecule has 4 heteroatoms. The molecular formula is C27H29FO3. The van der Waals surface area contributed by atoms with E-state index < -0.39 is 22.6 Å². The monoisotopic (exact) mass is 420 g/mol. The summed E-state index contributed by atoms with van der Waals surface area (Å²) in [6.07, 6.45) is 8.31. The van der Waals surface area contributed by atoms with E-state index in [1.165, 1.54) is 11.6 Å². The quantitative estimate of drug-likeness (QED) is 0.520. The number of fused-ring (bicyclic) bond motifs is 5. The molecule has 0 heterocycles. The fourth-order valence-electron chi connectivity index (χ4n) is 6.72. The number of rotatable bonds is 3. The van der Waals surface area contributed by atoms with Crippen molar-refractivity contribution >= 4 is 5.78 Å². The van der Waals surface area contributed by atoms with Crippen molar-refractivity contribution in [3.63, 3.8) is 0 Å². The Hall–Kier alpha value is -2.46. The molecule has 0 bridgehead atoms. The zero-order chi connectivity index (χ0) is 22.0. The molecule has 0 saturated heterocycles. The highest BCUT2D eigenvalue weighted by atomic mass is 19.1. The Morgan fingerprint density at radius 2 is 1.97 bits per heavy atom. The minimum absolute atomic E-state index is 0.0207. The second kappa shape index (κ2) is 6.77. The van der Waals surface area contributed by atoms with Crippen molar-refractivity contribution in [3.05, 3.63) is 78.1 Å². The summed E-state index contributed by atoms with van der Waals surface area (Å²) in [5.74, 6) is 1.02. The van der Waals surface area contributed by atoms with Gasteiger partial charge in [0.2, 0.25) is 0 Å². The van der Waals surface area contributed by atoms with Crippen LogP contribution in [-0.4, -0.2) is 22.7 Å². The SMILES string of the molecule is C=C(Oc1ccccc1)[C@@]1(O)CC[C@H]2[C@@H]3CC(F)C4=CC(=O)C=C[C@]4(C)C3=CC[C@@]21C. The molecule has 6 atom stereocenters. The van der Waals surface area contributed by atoms with E-state index in [0.29, 0.717) is 36.3 Å². The van der Waals surface area contributed by atoms with Gasteiger partial charge >= 0.3 is 0 Å². The van der Waals surface area contributed by atoms with Gasteiger partial charge in [0, 0.05) is 10.8 Å². The molecule has 162 valence electrons. The van der Waals surface area contributed by atoms with Crippen molar-refractivity contribution in [1.82, 2.24) is 0 Å². The van der Waals surface area contributed by atoms with Gasteiger partial charge in [-0.2, -0.15) is 0 Å². The van der Waals surface area contributed by atoms with E-state index in [-0.39, 0.29) is 17.6 Å². The molecule has 0 aromatic heterocycles. The molecule has 4 aliphatic carbocycles. The fraction of sp³-hybridized carbons (Fsp3) is 0.444. The molecule has 0 aliphatic heterocycles. The second-order valence-corrected chi connectivity index (χ2v) is 9.97. The Morgan fingerprint density at radius 1 is 1.23 bits per heavy atom. The predicted molar refractivity (Wildman–Crippen MR) is 118 cm³/mol. The minimum atomic E-state index is -1.18. The molecule has 1 N–H and O–H groups in total. The standard InChI is InChI=1S/C27H29FO3/c1-17(31-19-7-5-4-6-8-19)27(30)14-11-22-20-16-24(28)23-15-18(29)9-12-25(23,2)21(20)10-13-26(22,27)3/h4-10,12,15,20,22,24,30H,1,11,13-14,16H2,2-3H3/t20-,22+,24?,25-,26+,27+/m1/s1. The van der Waals surface area contributed by atoms with Crippen LogP contribution in [0, 0.1) is 22.7 Å². The van der Waals surface area contributed by atoms with E-state index in [4.69, 9.17) is 4.74 Å². The summed E-state index contributed by atoms with van der Waals surface area (Å²) in [6.45, 7) is 8.24. The molecule has 0 spiro atoms. The number of carbonyl (C=O) groups is 1. The van der Waals surface area contributed by atoms with Gasteiger partial charge in [-0.1, -0.05) is 49.4 Å². The van der Waals surface area contributed by atoms with Crippen molar-refractivity contribution in [3.8, 4) is 5.75 Å². The Labute approximate surface area is 183 Å². The van der Waals surface area contributed by atoms with Gasteiger partial charge in [0.15, 0.2) is 5.78 Å². The molecule has 31 heavy (non-hydrogen) atoms. The molecule has 1 aromatic carbocycles. The maximum absolute atomic E-state index is 15.3. The zero-order valence-electron chi connectivity index (χ0n) is 18.1. The summed E-state index contributed by atoms with van der Waals surface area (Å²) in [6, 6.07) is 9.39. The highest BCUT2D eigenvalue weighted by molar-refractivity contribution is 6.01. The summed E-state index contributed by atoms with van der Waals surface area (Å²) in [5.41, 5.74) is -0.459. The average Bonchev–Trinajstić information content (AvgIpc) is 3.02. The molecule has 0 radical (unpaired) electrons. The lowest BCUT2D eigenvalue weighted by Gasteiger charge is -2.54. The number of ether oxygens (including phenoxy) is 1. The van der Waals surface area contributed by atoms with Crippen molar-refractivity contribution in [2.75, 3.05) is 0 Å². The van der Waals surface area contributed by atoms with Crippen LogP contribution in [0.2, 0.25) is 0 Å². The van der Waals surface area contributed by atoms with Crippen molar-refractivity contribution in [2.45, 2.75) is 51.3 Å². The Balaban J connectivity index is 1.50. The number of allylic oxidation sites excluding steroid dienone is 6. The Bertz CT molecular complexity index is 1040. The fourth-order valence-corrected chi connectivity index (χ4v) is 6.72. The first kappa shape index (κ1) is 20.4. The molecule has 3 nitrogen and oxygen atoms in total. The first-order valence-electron chi connectivity index (χ1n) is 11.1. The van der Waals surface area contributed by atoms with Gasteiger partial charge in [-0.05, 0) is 74.3 Å². The van der Waals surface area contributed by atoms with Crippen LogP contribution >= 0.6 is 0 Å². The van der Waals surface area contributed by atoms with Crippen LogP contribution in [0.25, 0.3) is 0 Å². The number of carbonyl (C=O) groups excluding carboxylic acids is 1. The van der Waals surface area contributed by atoms with E-state index in [2.05, 4.69) is 19.6 Å². The van der Waals surface area contributed by atoms with Gasteiger partial charge in [-0.3, -0.25) is 4.79 Å². The van der Waals surface area contributed by atoms with Gasteiger partial charge < -0.3 is 9.84 Å². The molecule has 2 fully saturated rings. The van der Waals surface area contributed by atoms with E-state index in [9.17, 15) is 9.90 Å². The maximum atomic E-state index is 15.3. The van der Waals surface area contributed by atoms with Gasteiger partial charge in [0.1, 0.15) is 23.3 Å². The van der Waals surface area contributed by atoms with Crippen LogP contribution in [-0.2, 0) is 4.79 Å². The second-order valence-electron chi connectivity index (χ2n) is 9.97. The summed E-state index contributed by atoms with van der Waals surface area (Å²) >= 11 is 0. The first-order chi connectivity index (χ1) is 14.7. The number of para-hydroxylation sites is 1. The van der Waals surface area contributed by atoms with Crippen LogP contribution in [0.1, 0.15) is 39.5 Å². The third kappa shape index (κ3) is 2.77. The summed E-state index contributed by atoms with van der Waals surface area (Å²) in [4.78, 5) is 11.9. The Morgan fingerprint density at radius 3 is 2.71 bits per heavy atom. The number of benzene rings is 1. The van der Waals surface area contributed by atoms with E-state index in [1.807, 2.05) is 43.3 Å². The van der Waals surface area contributed by atoms with E-state index >= 15 is 4.39 Å². The lowest BCUT2D eigenvalue weighted by molar-refractivity contribution is -0.110. The molecule has 4 aliphatic rings. The van der Waals surface area contributed by atoms with Crippen LogP contribution in [0.3, 0.4) is 0 Å². The number of ketones is 1. The smallest absolute Gasteiger partial charge is 0.178 e. The molecular weight excluding hydrogens is 391 g/mol. The largest absolute Gasteiger partial charge is 0.459 e. The number of aliphatic hydroxyl groups is 1. The Kier molecular flexibility index (Phi) is 4.46. The first-order valence-corrected chi connectivity index (χ1v) is 11.1. The third-order valence-electron chi connectivity index (χ3n) is 8.53. The van der Waals surface area contributed by atoms with Crippen molar-refractivity contribution < 1.29 is 19.0 Å². The van der Waals surface area contributed by atoms with Crippen LogP contribution in [0.5, 0.6) is 5.75 Å².